The predicted octanol–water partition coefficient (Wildman–Crippen LogP) is 0.599. The predicted molar refractivity (Wildman–Crippen MR) is 47.9 cm³/mol. The van der Waals surface area contributed by atoms with Crippen LogP contribution < -0.4 is 5.32 Å². The van der Waals surface area contributed by atoms with Crippen LogP contribution in [-0.4, -0.2) is 30.8 Å². The average molecular weight is 172 g/mol. The van der Waals surface area contributed by atoms with Crippen LogP contribution in [-0.2, 0) is 4.79 Å². The second-order valence-corrected chi connectivity index (χ2v) is 3.07. The van der Waals surface area contributed by atoms with E-state index in [-0.39, 0.29) is 5.91 Å². The zero-order chi connectivity index (χ0) is 9.78. The number of hydrogen-bond acceptors (Lipinski definition) is 2. The molecule has 1 unspecified atom stereocenters. The maximum atomic E-state index is 11.4. The van der Waals surface area contributed by atoms with Gasteiger partial charge in [-0.1, -0.05) is 13.5 Å². The van der Waals surface area contributed by atoms with Gasteiger partial charge < -0.3 is 15.2 Å². The Kier molecular flexibility index (Phi) is 3.92. The van der Waals surface area contributed by atoms with E-state index in [1.54, 1.807) is 0 Å². The Morgan fingerprint density at radius 2 is 2.25 bits per heavy atom. The maximum Gasteiger partial charge on any atom is 0.247 e. The lowest BCUT2D eigenvalue weighted by atomic mass is 10.3. The first-order chi connectivity index (χ1) is 5.41. The molecule has 0 heterocycles. The van der Waals surface area contributed by atoms with Crippen LogP contribution in [0.1, 0.15) is 13.3 Å². The molecule has 4 heteroatoms. The van der Waals surface area contributed by atoms with Crippen molar-refractivity contribution in [3.63, 3.8) is 0 Å². The summed E-state index contributed by atoms with van der Waals surface area (Å²) in [6.45, 7) is 5.16. The Morgan fingerprint density at radius 3 is 2.50 bits per heavy atom. The molecule has 0 bridgehead atoms. The maximum absolute atomic E-state index is 11.4. The molecule has 0 aromatic heterocycles. The fourth-order valence-electron chi connectivity index (χ4n) is 0.920. The van der Waals surface area contributed by atoms with Crippen molar-refractivity contribution in [2.45, 2.75) is 19.5 Å². The molecule has 0 fully saturated rings. The SMILES string of the molecule is C=CC(=O)NC(CC)[N+](C)(C)[O-]. The van der Waals surface area contributed by atoms with Crippen molar-refractivity contribution >= 4 is 5.91 Å². The minimum atomic E-state index is -0.518. The van der Waals surface area contributed by atoms with E-state index in [1.165, 1.54) is 14.1 Å². The van der Waals surface area contributed by atoms with Crippen LogP contribution in [0.5, 0.6) is 0 Å². The number of amides is 1. The van der Waals surface area contributed by atoms with Crippen molar-refractivity contribution in [3.8, 4) is 0 Å². The summed E-state index contributed by atoms with van der Waals surface area (Å²) in [6.07, 6.45) is 1.38. The fraction of sp³-hybridized carbons (Fsp3) is 0.625. The Balaban J connectivity index is 4.18. The molecular weight excluding hydrogens is 156 g/mol. The molecule has 0 spiro atoms. The highest BCUT2D eigenvalue weighted by Crippen LogP contribution is 2.04. The van der Waals surface area contributed by atoms with Crippen molar-refractivity contribution in [3.05, 3.63) is 17.9 Å². The minimum absolute atomic E-state index is 0.302. The fourth-order valence-corrected chi connectivity index (χ4v) is 0.920. The smallest absolute Gasteiger partial charge is 0.247 e. The molecule has 12 heavy (non-hydrogen) atoms. The summed E-state index contributed by atoms with van der Waals surface area (Å²) in [5, 5.41) is 13.9. The zero-order valence-electron chi connectivity index (χ0n) is 7.83. The number of rotatable bonds is 4. The second kappa shape index (κ2) is 4.23. The number of nitrogens with zero attached hydrogens (tertiary/aromatic N) is 1. The molecule has 0 radical (unpaired) electrons. The highest BCUT2D eigenvalue weighted by molar-refractivity contribution is 5.86. The second-order valence-electron chi connectivity index (χ2n) is 3.07. The lowest BCUT2D eigenvalue weighted by molar-refractivity contribution is -0.869. The van der Waals surface area contributed by atoms with Gasteiger partial charge in [-0.2, -0.15) is 0 Å². The van der Waals surface area contributed by atoms with Gasteiger partial charge in [0.05, 0.1) is 14.1 Å². The molecule has 1 atom stereocenters. The summed E-state index contributed by atoms with van der Waals surface area (Å²) in [6, 6.07) is 0. The summed E-state index contributed by atoms with van der Waals surface area (Å²) >= 11 is 0. The number of carbonyl (C=O) groups is 1. The quantitative estimate of drug-likeness (QED) is 0.292. The highest BCUT2D eigenvalue weighted by Gasteiger charge is 2.18. The summed E-state index contributed by atoms with van der Waals surface area (Å²) in [5.74, 6) is -0.302. The van der Waals surface area contributed by atoms with Gasteiger partial charge in [0, 0.05) is 6.42 Å². The monoisotopic (exact) mass is 172 g/mol. The average Bonchev–Trinajstić information content (AvgIpc) is 1.97. The van der Waals surface area contributed by atoms with Gasteiger partial charge >= 0.3 is 0 Å². The first-order valence-corrected chi connectivity index (χ1v) is 3.89. The topological polar surface area (TPSA) is 52.2 Å². The molecule has 0 aliphatic heterocycles. The van der Waals surface area contributed by atoms with Crippen molar-refractivity contribution in [1.82, 2.24) is 5.32 Å². The van der Waals surface area contributed by atoms with Gasteiger partial charge in [0.25, 0.3) is 0 Å². The minimum Gasteiger partial charge on any atom is -0.632 e. The summed E-state index contributed by atoms with van der Waals surface area (Å²) in [7, 11) is 3.00. The Morgan fingerprint density at radius 1 is 1.75 bits per heavy atom. The third kappa shape index (κ3) is 3.50. The molecule has 4 nitrogen and oxygen atoms in total. The molecule has 0 aliphatic carbocycles. The summed E-state index contributed by atoms with van der Waals surface area (Å²) in [5.41, 5.74) is 0. The van der Waals surface area contributed by atoms with Gasteiger partial charge in [0.2, 0.25) is 5.91 Å². The van der Waals surface area contributed by atoms with E-state index in [9.17, 15) is 10.0 Å². The molecule has 1 amide bonds. The third-order valence-corrected chi connectivity index (χ3v) is 1.63. The molecule has 0 rings (SSSR count). The molecule has 70 valence electrons. The van der Waals surface area contributed by atoms with E-state index in [1.807, 2.05) is 6.92 Å². The van der Waals surface area contributed by atoms with Crippen molar-refractivity contribution in [1.29, 1.82) is 0 Å². The van der Waals surface area contributed by atoms with Crippen LogP contribution in [0.15, 0.2) is 12.7 Å². The van der Waals surface area contributed by atoms with E-state index in [0.717, 1.165) is 6.08 Å². The number of hydroxylamine groups is 3. The van der Waals surface area contributed by atoms with E-state index in [2.05, 4.69) is 11.9 Å². The first-order valence-electron chi connectivity index (χ1n) is 3.89. The molecule has 1 N–H and O–H groups in total. The normalized spacial score (nSPS) is 13.7. The molecule has 0 saturated carbocycles. The van der Waals surface area contributed by atoms with Crippen LogP contribution >= 0.6 is 0 Å². The largest absolute Gasteiger partial charge is 0.632 e. The Labute approximate surface area is 73.0 Å². The van der Waals surface area contributed by atoms with E-state index >= 15 is 0 Å². The standard InChI is InChI=1S/C8H16N2O2/c1-5-7(10(3,4)12)9-8(11)6-2/h6-7H,2,5H2,1,3-4H3,(H,9,11). The number of carbonyl (C=O) groups excluding carboxylic acids is 1. The zero-order valence-corrected chi connectivity index (χ0v) is 7.83. The van der Waals surface area contributed by atoms with Crippen LogP contribution in [0, 0.1) is 5.21 Å². The Bertz CT molecular complexity index is 172. The lowest BCUT2D eigenvalue weighted by Crippen LogP contribution is -2.53. The van der Waals surface area contributed by atoms with Gasteiger partial charge in [-0.05, 0) is 6.08 Å². The number of quaternary nitrogens is 1. The number of hydrogen-bond donors (Lipinski definition) is 1. The number of nitrogens with one attached hydrogen (secondary N) is 1. The molecule has 0 saturated heterocycles. The third-order valence-electron chi connectivity index (χ3n) is 1.63. The van der Waals surface area contributed by atoms with Gasteiger partial charge in [-0.3, -0.25) is 4.79 Å². The van der Waals surface area contributed by atoms with Crippen molar-refractivity contribution in [2.24, 2.45) is 0 Å². The summed E-state index contributed by atoms with van der Waals surface area (Å²) < 4.78 is -0.518. The first kappa shape index (κ1) is 11.1. The molecule has 0 aromatic rings. The summed E-state index contributed by atoms with van der Waals surface area (Å²) in [4.78, 5) is 10.8. The lowest BCUT2D eigenvalue weighted by Gasteiger charge is -2.41. The highest BCUT2D eigenvalue weighted by atomic mass is 16.5. The van der Waals surface area contributed by atoms with Crippen LogP contribution in [0.4, 0.5) is 0 Å². The van der Waals surface area contributed by atoms with Crippen molar-refractivity contribution < 1.29 is 9.44 Å². The molecular formula is C8H16N2O2. The van der Waals surface area contributed by atoms with Gasteiger partial charge in [-0.25, -0.2) is 0 Å². The van der Waals surface area contributed by atoms with E-state index in [4.69, 9.17) is 0 Å². The van der Waals surface area contributed by atoms with Crippen LogP contribution in [0.2, 0.25) is 0 Å². The van der Waals surface area contributed by atoms with Gasteiger partial charge in [0.1, 0.15) is 0 Å². The molecule has 0 aliphatic rings. The van der Waals surface area contributed by atoms with Crippen LogP contribution in [0.3, 0.4) is 0 Å². The van der Waals surface area contributed by atoms with E-state index in [0.29, 0.717) is 6.42 Å². The van der Waals surface area contributed by atoms with E-state index < -0.39 is 10.8 Å². The van der Waals surface area contributed by atoms with Gasteiger partial charge in [0.15, 0.2) is 6.17 Å². The van der Waals surface area contributed by atoms with Crippen LogP contribution in [0.25, 0.3) is 0 Å². The Hall–Kier alpha value is -0.870. The van der Waals surface area contributed by atoms with Gasteiger partial charge in [-0.15, -0.1) is 0 Å². The van der Waals surface area contributed by atoms with Crippen molar-refractivity contribution in [2.75, 3.05) is 14.1 Å². The molecule has 0 aromatic carbocycles.